The molecule has 30 heavy (non-hydrogen) atoms. The topological polar surface area (TPSA) is 60.0 Å². The molecule has 0 bridgehead atoms. The van der Waals surface area contributed by atoms with Gasteiger partial charge in [-0.2, -0.15) is 0 Å². The van der Waals surface area contributed by atoms with Crippen molar-refractivity contribution in [3.8, 4) is 11.5 Å². The van der Waals surface area contributed by atoms with Crippen LogP contribution in [0.1, 0.15) is 62.7 Å². The van der Waals surface area contributed by atoms with Crippen molar-refractivity contribution < 1.29 is 19.0 Å². The number of amides is 1. The third-order valence-corrected chi connectivity index (χ3v) is 6.49. The lowest BCUT2D eigenvalue weighted by Crippen LogP contribution is -2.44. The van der Waals surface area contributed by atoms with Crippen LogP contribution >= 0.6 is 0 Å². The monoisotopic (exact) mass is 416 g/mol. The highest BCUT2D eigenvalue weighted by Gasteiger charge is 2.31. The van der Waals surface area contributed by atoms with Gasteiger partial charge in [-0.05, 0) is 70.4 Å². The van der Waals surface area contributed by atoms with Gasteiger partial charge in [0, 0.05) is 38.3 Å². The molecule has 1 unspecified atom stereocenters. The molecule has 1 amide bonds. The molecule has 1 aromatic carbocycles. The van der Waals surface area contributed by atoms with Crippen molar-refractivity contribution in [2.75, 3.05) is 33.4 Å². The molecule has 1 aliphatic carbocycles. The molecular formula is C24H36N2O4. The molecule has 1 atom stereocenters. The second-order valence-electron chi connectivity index (χ2n) is 9.69. The molecule has 2 saturated heterocycles. The molecule has 0 spiro atoms. The SMILES string of the molecule is COc1ccc(C(=O)NC2CC2)c(OC2CCN(CC3CCOC(C)(C)C3)CC2)c1. The van der Waals surface area contributed by atoms with Gasteiger partial charge in [0.15, 0.2) is 0 Å². The number of nitrogens with zero attached hydrogens (tertiary/aromatic N) is 1. The number of likely N-dealkylation sites (tertiary alicyclic amines) is 1. The highest BCUT2D eigenvalue weighted by atomic mass is 16.5. The van der Waals surface area contributed by atoms with Gasteiger partial charge in [0.25, 0.3) is 5.91 Å². The lowest BCUT2D eigenvalue weighted by Gasteiger charge is -2.39. The molecule has 2 heterocycles. The molecule has 3 fully saturated rings. The summed E-state index contributed by atoms with van der Waals surface area (Å²) in [4.78, 5) is 15.2. The Hall–Kier alpha value is -1.79. The summed E-state index contributed by atoms with van der Waals surface area (Å²) in [6.45, 7) is 8.49. The van der Waals surface area contributed by atoms with Crippen molar-refractivity contribution in [3.05, 3.63) is 23.8 Å². The van der Waals surface area contributed by atoms with E-state index in [9.17, 15) is 4.79 Å². The molecule has 1 N–H and O–H groups in total. The largest absolute Gasteiger partial charge is 0.497 e. The van der Waals surface area contributed by atoms with Crippen molar-refractivity contribution >= 4 is 5.91 Å². The van der Waals surface area contributed by atoms with Gasteiger partial charge in [0.1, 0.15) is 17.6 Å². The minimum atomic E-state index is -0.0466. The van der Waals surface area contributed by atoms with Gasteiger partial charge in [-0.3, -0.25) is 4.79 Å². The summed E-state index contributed by atoms with van der Waals surface area (Å²) in [6, 6.07) is 5.81. The van der Waals surface area contributed by atoms with Crippen LogP contribution in [0.2, 0.25) is 0 Å². The van der Waals surface area contributed by atoms with Crippen molar-refractivity contribution in [2.24, 2.45) is 5.92 Å². The minimum Gasteiger partial charge on any atom is -0.497 e. The Morgan fingerprint density at radius 3 is 2.63 bits per heavy atom. The Balaban J connectivity index is 1.32. The van der Waals surface area contributed by atoms with Crippen LogP contribution in [0, 0.1) is 5.92 Å². The molecule has 3 aliphatic rings. The lowest BCUT2D eigenvalue weighted by molar-refractivity contribution is -0.0782. The van der Waals surface area contributed by atoms with Crippen LogP contribution in [0.25, 0.3) is 0 Å². The standard InChI is InChI=1S/C24H36N2O4/c1-24(2)15-17(10-13-29-24)16-26-11-8-19(9-12-26)30-22-14-20(28-3)6-7-21(22)23(27)25-18-4-5-18/h6-7,14,17-19H,4-5,8-13,15-16H2,1-3H3,(H,25,27). The summed E-state index contributed by atoms with van der Waals surface area (Å²) in [5.41, 5.74) is 0.614. The Bertz CT molecular complexity index is 739. The predicted octanol–water partition coefficient (Wildman–Crippen LogP) is 3.64. The van der Waals surface area contributed by atoms with E-state index in [0.717, 1.165) is 64.8 Å². The van der Waals surface area contributed by atoms with E-state index in [0.29, 0.717) is 29.0 Å². The van der Waals surface area contributed by atoms with E-state index in [1.165, 1.54) is 0 Å². The van der Waals surface area contributed by atoms with E-state index in [1.807, 2.05) is 18.2 Å². The number of methoxy groups -OCH3 is 1. The Morgan fingerprint density at radius 2 is 1.97 bits per heavy atom. The summed E-state index contributed by atoms with van der Waals surface area (Å²) < 4.78 is 17.6. The zero-order valence-corrected chi connectivity index (χ0v) is 18.6. The van der Waals surface area contributed by atoms with Crippen LogP contribution in [0.15, 0.2) is 18.2 Å². The van der Waals surface area contributed by atoms with E-state index in [1.54, 1.807) is 7.11 Å². The van der Waals surface area contributed by atoms with Crippen molar-refractivity contribution in [2.45, 2.75) is 70.1 Å². The third-order valence-electron chi connectivity index (χ3n) is 6.49. The van der Waals surface area contributed by atoms with Crippen LogP contribution in [0.5, 0.6) is 11.5 Å². The number of hydrogen-bond donors (Lipinski definition) is 1. The molecule has 166 valence electrons. The maximum absolute atomic E-state index is 12.6. The van der Waals surface area contributed by atoms with Crippen molar-refractivity contribution in [3.63, 3.8) is 0 Å². The Labute approximate surface area is 180 Å². The van der Waals surface area contributed by atoms with Gasteiger partial charge in [-0.25, -0.2) is 0 Å². The fourth-order valence-corrected chi connectivity index (χ4v) is 4.67. The smallest absolute Gasteiger partial charge is 0.255 e. The third kappa shape index (κ3) is 5.67. The number of piperidine rings is 1. The number of carbonyl (C=O) groups is 1. The lowest BCUT2D eigenvalue weighted by atomic mass is 9.87. The first kappa shape index (κ1) is 21.4. The molecule has 4 rings (SSSR count). The highest BCUT2D eigenvalue weighted by Crippen LogP contribution is 2.31. The minimum absolute atomic E-state index is 0.00809. The Morgan fingerprint density at radius 1 is 1.20 bits per heavy atom. The normalized spacial score (nSPS) is 25.0. The average Bonchev–Trinajstić information content (AvgIpc) is 3.52. The van der Waals surface area contributed by atoms with E-state index >= 15 is 0 Å². The van der Waals surface area contributed by atoms with Crippen LogP contribution in [-0.4, -0.2) is 61.9 Å². The van der Waals surface area contributed by atoms with E-state index in [2.05, 4.69) is 24.1 Å². The molecule has 6 heteroatoms. The van der Waals surface area contributed by atoms with Gasteiger partial charge >= 0.3 is 0 Å². The number of benzene rings is 1. The summed E-state index contributed by atoms with van der Waals surface area (Å²) in [6.07, 6.45) is 6.52. The van der Waals surface area contributed by atoms with Gasteiger partial charge in [0.05, 0.1) is 18.3 Å². The fourth-order valence-electron chi connectivity index (χ4n) is 4.67. The quantitative estimate of drug-likeness (QED) is 0.735. The van der Waals surface area contributed by atoms with Crippen molar-refractivity contribution in [1.29, 1.82) is 0 Å². The zero-order chi connectivity index (χ0) is 21.1. The number of nitrogens with one attached hydrogen (secondary N) is 1. The maximum Gasteiger partial charge on any atom is 0.255 e. The first-order valence-corrected chi connectivity index (χ1v) is 11.4. The number of hydrogen-bond acceptors (Lipinski definition) is 5. The molecule has 0 aromatic heterocycles. The Kier molecular flexibility index (Phi) is 6.54. The second kappa shape index (κ2) is 9.15. The van der Waals surface area contributed by atoms with Gasteiger partial charge in [-0.15, -0.1) is 0 Å². The van der Waals surface area contributed by atoms with Gasteiger partial charge in [-0.1, -0.05) is 0 Å². The summed E-state index contributed by atoms with van der Waals surface area (Å²) in [7, 11) is 1.64. The summed E-state index contributed by atoms with van der Waals surface area (Å²) in [5.74, 6) is 2.02. The average molecular weight is 417 g/mol. The molecule has 6 nitrogen and oxygen atoms in total. The first-order chi connectivity index (χ1) is 14.4. The van der Waals surface area contributed by atoms with Gasteiger partial charge < -0.3 is 24.4 Å². The van der Waals surface area contributed by atoms with Crippen LogP contribution in [-0.2, 0) is 4.74 Å². The molecule has 1 saturated carbocycles. The second-order valence-corrected chi connectivity index (χ2v) is 9.69. The van der Waals surface area contributed by atoms with E-state index in [-0.39, 0.29) is 17.6 Å². The molecule has 1 aromatic rings. The molecule has 2 aliphatic heterocycles. The molecule has 0 radical (unpaired) electrons. The predicted molar refractivity (Wildman–Crippen MR) is 116 cm³/mol. The van der Waals surface area contributed by atoms with Crippen LogP contribution in [0.4, 0.5) is 0 Å². The maximum atomic E-state index is 12.6. The highest BCUT2D eigenvalue weighted by molar-refractivity contribution is 5.97. The van der Waals surface area contributed by atoms with E-state index < -0.39 is 0 Å². The summed E-state index contributed by atoms with van der Waals surface area (Å²) in [5, 5.41) is 3.07. The number of ether oxygens (including phenoxy) is 3. The first-order valence-electron chi connectivity index (χ1n) is 11.4. The van der Waals surface area contributed by atoms with Gasteiger partial charge in [0.2, 0.25) is 0 Å². The summed E-state index contributed by atoms with van der Waals surface area (Å²) >= 11 is 0. The van der Waals surface area contributed by atoms with E-state index in [4.69, 9.17) is 14.2 Å². The van der Waals surface area contributed by atoms with Crippen LogP contribution in [0.3, 0.4) is 0 Å². The van der Waals surface area contributed by atoms with Crippen LogP contribution < -0.4 is 14.8 Å². The zero-order valence-electron chi connectivity index (χ0n) is 18.6. The molecular weight excluding hydrogens is 380 g/mol. The number of carbonyl (C=O) groups excluding carboxylic acids is 1. The fraction of sp³-hybridized carbons (Fsp3) is 0.708. The number of rotatable bonds is 7. The van der Waals surface area contributed by atoms with Crippen molar-refractivity contribution in [1.82, 2.24) is 10.2 Å².